The molecule has 2 saturated heterocycles. The Hall–Kier alpha value is -2.72. The maximum absolute atomic E-state index is 13.2. The predicted octanol–water partition coefficient (Wildman–Crippen LogP) is 3.35. The Kier molecular flexibility index (Phi) is 14.7. The highest BCUT2D eigenvalue weighted by Gasteiger charge is 2.47. The minimum absolute atomic E-state index is 0.0145. The number of amides is 1. The van der Waals surface area contributed by atoms with E-state index in [9.17, 15) is 30.0 Å². The first kappa shape index (κ1) is 39.7. The van der Waals surface area contributed by atoms with Gasteiger partial charge in [0.25, 0.3) is 0 Å². The number of rotatable bonds is 10. The SMILES string of the molecule is CC#CCN1CCN(C(=O)OC2/C=C\C(C)C(/C(C)=C/C=C/C(C)(O)CC3OC3C(C)C(O)CC)OC(=O)CC(O)CCC2(C)O)CC1. The van der Waals surface area contributed by atoms with Crippen molar-refractivity contribution in [2.45, 2.75) is 128 Å². The van der Waals surface area contributed by atoms with Crippen LogP contribution in [0.4, 0.5) is 4.79 Å². The van der Waals surface area contributed by atoms with Crippen LogP contribution in [0, 0.1) is 23.7 Å². The molecule has 0 saturated carbocycles. The molecule has 0 aromatic rings. The van der Waals surface area contributed by atoms with Gasteiger partial charge in [-0.1, -0.05) is 51.0 Å². The fourth-order valence-electron chi connectivity index (χ4n) is 6.26. The van der Waals surface area contributed by atoms with Crippen LogP contribution in [0.3, 0.4) is 0 Å². The fourth-order valence-corrected chi connectivity index (χ4v) is 6.26. The highest BCUT2D eigenvalue weighted by Crippen LogP contribution is 2.37. The lowest BCUT2D eigenvalue weighted by molar-refractivity contribution is -0.151. The summed E-state index contributed by atoms with van der Waals surface area (Å²) in [5, 5.41) is 43.2. The van der Waals surface area contributed by atoms with E-state index in [2.05, 4.69) is 16.7 Å². The first-order valence-corrected chi connectivity index (χ1v) is 17.3. The van der Waals surface area contributed by atoms with Gasteiger partial charge in [-0.3, -0.25) is 9.69 Å². The first-order valence-electron chi connectivity index (χ1n) is 17.3. The van der Waals surface area contributed by atoms with Crippen LogP contribution in [0.2, 0.25) is 0 Å². The number of piperazine rings is 1. The van der Waals surface area contributed by atoms with Crippen molar-refractivity contribution in [3.63, 3.8) is 0 Å². The largest absolute Gasteiger partial charge is 0.457 e. The van der Waals surface area contributed by atoms with E-state index >= 15 is 0 Å². The van der Waals surface area contributed by atoms with Gasteiger partial charge >= 0.3 is 12.1 Å². The summed E-state index contributed by atoms with van der Waals surface area (Å²) in [5.74, 6) is 4.97. The zero-order valence-corrected chi connectivity index (χ0v) is 29.8. The van der Waals surface area contributed by atoms with Gasteiger partial charge in [-0.15, -0.1) is 5.92 Å². The number of carbonyl (C=O) groups is 2. The zero-order chi connectivity index (χ0) is 35.6. The summed E-state index contributed by atoms with van der Waals surface area (Å²) in [6.45, 7) is 15.6. The number of esters is 1. The number of ether oxygens (including phenoxy) is 3. The summed E-state index contributed by atoms with van der Waals surface area (Å²) in [4.78, 5) is 29.8. The van der Waals surface area contributed by atoms with E-state index in [1.165, 1.54) is 0 Å². The van der Waals surface area contributed by atoms with Gasteiger partial charge in [0.2, 0.25) is 0 Å². The summed E-state index contributed by atoms with van der Waals surface area (Å²) in [7, 11) is 0. The molecule has 1 amide bonds. The van der Waals surface area contributed by atoms with Crippen LogP contribution in [0.25, 0.3) is 0 Å². The van der Waals surface area contributed by atoms with Crippen molar-refractivity contribution in [1.82, 2.24) is 9.80 Å². The molecule has 2 fully saturated rings. The van der Waals surface area contributed by atoms with Gasteiger partial charge in [-0.25, -0.2) is 4.79 Å². The van der Waals surface area contributed by atoms with Gasteiger partial charge in [-0.05, 0) is 58.6 Å². The number of hydrogen-bond donors (Lipinski definition) is 4. The number of allylic oxidation sites excluding steroid dienone is 2. The molecule has 48 heavy (non-hydrogen) atoms. The Morgan fingerprint density at radius 3 is 2.60 bits per heavy atom. The van der Waals surface area contributed by atoms with E-state index in [1.54, 1.807) is 56.1 Å². The Balaban J connectivity index is 1.73. The average molecular weight is 675 g/mol. The number of nitrogens with zero attached hydrogens (tertiary/aromatic N) is 2. The van der Waals surface area contributed by atoms with Gasteiger partial charge < -0.3 is 39.5 Å². The Labute approximate surface area is 286 Å². The topological polar surface area (TPSA) is 153 Å². The van der Waals surface area contributed by atoms with Crippen LogP contribution < -0.4 is 0 Å². The molecule has 0 bridgehead atoms. The molecule has 0 aliphatic carbocycles. The molecule has 10 atom stereocenters. The summed E-state index contributed by atoms with van der Waals surface area (Å²) >= 11 is 0. The van der Waals surface area contributed by atoms with Crippen molar-refractivity contribution in [2.75, 3.05) is 32.7 Å². The molecular formula is C37H58N2O9. The third kappa shape index (κ3) is 12.0. The molecule has 11 heteroatoms. The second-order valence-electron chi connectivity index (χ2n) is 14.2. The molecule has 0 spiro atoms. The van der Waals surface area contributed by atoms with E-state index in [1.807, 2.05) is 27.7 Å². The number of carbonyl (C=O) groups excluding carboxylic acids is 2. The van der Waals surface area contributed by atoms with Crippen molar-refractivity contribution in [3.8, 4) is 11.8 Å². The van der Waals surface area contributed by atoms with Gasteiger partial charge in [0.05, 0.1) is 43.0 Å². The summed E-state index contributed by atoms with van der Waals surface area (Å²) < 4.78 is 17.5. The maximum Gasteiger partial charge on any atom is 0.410 e. The van der Waals surface area contributed by atoms with Crippen LogP contribution in [0.1, 0.15) is 80.6 Å². The van der Waals surface area contributed by atoms with E-state index in [-0.39, 0.29) is 43.3 Å². The molecule has 0 radical (unpaired) electrons. The van der Waals surface area contributed by atoms with Crippen molar-refractivity contribution in [2.24, 2.45) is 11.8 Å². The lowest BCUT2D eigenvalue weighted by Crippen LogP contribution is -2.51. The van der Waals surface area contributed by atoms with E-state index < -0.39 is 47.7 Å². The molecule has 11 nitrogen and oxygen atoms in total. The minimum atomic E-state index is -1.50. The van der Waals surface area contributed by atoms with Gasteiger partial charge in [0, 0.05) is 44.4 Å². The zero-order valence-electron chi connectivity index (χ0n) is 29.8. The highest BCUT2D eigenvalue weighted by atomic mass is 16.6. The number of hydrogen-bond acceptors (Lipinski definition) is 10. The smallest absolute Gasteiger partial charge is 0.410 e. The molecular weight excluding hydrogens is 616 g/mol. The third-order valence-corrected chi connectivity index (χ3v) is 9.70. The lowest BCUT2D eigenvalue weighted by atomic mass is 9.88. The molecule has 270 valence electrons. The van der Waals surface area contributed by atoms with Crippen molar-refractivity contribution >= 4 is 12.1 Å². The average Bonchev–Trinajstić information content (AvgIpc) is 3.80. The van der Waals surface area contributed by atoms with Crippen LogP contribution >= 0.6 is 0 Å². The highest BCUT2D eigenvalue weighted by molar-refractivity contribution is 5.70. The Morgan fingerprint density at radius 2 is 1.96 bits per heavy atom. The standard InChI is InChI=1S/C37H58N2O9/c1-8-10-18-38-19-21-39(22-20-38)35(43)47-31-14-13-26(4)33(48-32(42)23-28(40)15-17-37(31,7)45)25(3)12-11-16-36(6,44)24-30-34(46-30)27(5)29(41)9-2/h11-14,16,26-31,33-34,40-41,44-45H,9,15,17-24H2,1-7H3/b14-13-,16-11+,25-12+. The fraction of sp³-hybridized carbons (Fsp3) is 0.730. The third-order valence-electron chi connectivity index (χ3n) is 9.70. The summed E-state index contributed by atoms with van der Waals surface area (Å²) in [5.41, 5.74) is -1.96. The molecule has 3 aliphatic rings. The maximum atomic E-state index is 13.2. The number of epoxide rings is 1. The van der Waals surface area contributed by atoms with Gasteiger partial charge in [-0.2, -0.15) is 0 Å². The van der Waals surface area contributed by atoms with Gasteiger partial charge in [0.15, 0.2) is 6.10 Å². The van der Waals surface area contributed by atoms with Crippen LogP contribution in [-0.4, -0.2) is 123 Å². The molecule has 10 unspecified atom stereocenters. The van der Waals surface area contributed by atoms with Crippen molar-refractivity contribution in [1.29, 1.82) is 0 Å². The van der Waals surface area contributed by atoms with Crippen molar-refractivity contribution in [3.05, 3.63) is 36.0 Å². The van der Waals surface area contributed by atoms with Gasteiger partial charge in [0.1, 0.15) is 11.7 Å². The minimum Gasteiger partial charge on any atom is -0.457 e. The molecule has 3 aliphatic heterocycles. The molecule has 3 rings (SSSR count). The molecule has 4 N–H and O–H groups in total. The first-order chi connectivity index (χ1) is 22.6. The number of cyclic esters (lactones) is 1. The summed E-state index contributed by atoms with van der Waals surface area (Å²) in [6, 6.07) is 0. The molecule has 0 aromatic heterocycles. The normalized spacial score (nSPS) is 34.0. The molecule has 3 heterocycles. The lowest BCUT2D eigenvalue weighted by Gasteiger charge is -2.36. The van der Waals surface area contributed by atoms with Crippen LogP contribution in [-0.2, 0) is 19.0 Å². The van der Waals surface area contributed by atoms with E-state index in [0.29, 0.717) is 51.1 Å². The number of aliphatic hydroxyl groups is 4. The van der Waals surface area contributed by atoms with Crippen LogP contribution in [0.15, 0.2) is 36.0 Å². The second-order valence-corrected chi connectivity index (χ2v) is 14.2. The Morgan fingerprint density at radius 1 is 1.27 bits per heavy atom. The Bertz CT molecular complexity index is 1220. The van der Waals surface area contributed by atoms with Crippen LogP contribution in [0.5, 0.6) is 0 Å². The molecule has 0 aromatic carbocycles. The summed E-state index contributed by atoms with van der Waals surface area (Å²) in [6.07, 6.45) is 5.58. The quantitative estimate of drug-likeness (QED) is 0.0893. The van der Waals surface area contributed by atoms with E-state index in [0.717, 1.165) is 0 Å². The van der Waals surface area contributed by atoms with E-state index in [4.69, 9.17) is 14.2 Å². The van der Waals surface area contributed by atoms with Crippen molar-refractivity contribution < 1.29 is 44.2 Å². The second kappa shape index (κ2) is 17.8. The monoisotopic (exact) mass is 674 g/mol. The predicted molar refractivity (Wildman–Crippen MR) is 183 cm³/mol. The number of aliphatic hydroxyl groups excluding tert-OH is 2.